The number of nitrogens with one attached hydrogen (secondary N) is 2. The molecule has 0 fully saturated rings. The van der Waals surface area contributed by atoms with Crippen molar-refractivity contribution in [2.75, 3.05) is 11.9 Å². The van der Waals surface area contributed by atoms with E-state index in [1.165, 1.54) is 0 Å². The van der Waals surface area contributed by atoms with Crippen molar-refractivity contribution in [1.82, 2.24) is 5.32 Å². The predicted molar refractivity (Wildman–Crippen MR) is 123 cm³/mol. The largest absolute Gasteiger partial charge is 0.338 e. The standard InChI is InChI=1S/C26H28N2O2/c1-20-10-7-8-13-24(20)28-26(30)27-19-9-3-6-14-25(29)23-17-15-22(16-18-23)21-11-4-2-5-12-21/h2,4-5,7-8,10-13,15-18H,3,6,9,14,19H2,1H3,(H2,27,28,30). The number of hydrogen-bond acceptors (Lipinski definition) is 2. The zero-order valence-corrected chi connectivity index (χ0v) is 17.4. The number of anilines is 1. The first-order valence-electron chi connectivity index (χ1n) is 10.4. The van der Waals surface area contributed by atoms with Gasteiger partial charge in [-0.25, -0.2) is 4.79 Å². The van der Waals surface area contributed by atoms with Crippen LogP contribution in [0.4, 0.5) is 10.5 Å². The Kier molecular flexibility index (Phi) is 7.78. The van der Waals surface area contributed by atoms with Crippen LogP contribution in [0.3, 0.4) is 0 Å². The van der Waals surface area contributed by atoms with E-state index >= 15 is 0 Å². The molecule has 4 nitrogen and oxygen atoms in total. The normalized spacial score (nSPS) is 10.4. The van der Waals surface area contributed by atoms with Gasteiger partial charge < -0.3 is 10.6 Å². The molecule has 0 spiro atoms. The molecule has 30 heavy (non-hydrogen) atoms. The smallest absolute Gasteiger partial charge is 0.319 e. The lowest BCUT2D eigenvalue weighted by atomic mass is 10.0. The summed E-state index contributed by atoms with van der Waals surface area (Å²) in [5.41, 5.74) is 4.87. The Morgan fingerprint density at radius 3 is 2.13 bits per heavy atom. The minimum Gasteiger partial charge on any atom is -0.338 e. The highest BCUT2D eigenvalue weighted by molar-refractivity contribution is 5.96. The van der Waals surface area contributed by atoms with Gasteiger partial charge in [0.05, 0.1) is 0 Å². The van der Waals surface area contributed by atoms with Crippen LogP contribution in [0.15, 0.2) is 78.9 Å². The van der Waals surface area contributed by atoms with Crippen molar-refractivity contribution in [1.29, 1.82) is 0 Å². The van der Waals surface area contributed by atoms with Gasteiger partial charge in [-0.3, -0.25) is 4.79 Å². The second kappa shape index (κ2) is 11.0. The van der Waals surface area contributed by atoms with Crippen LogP contribution in [0.25, 0.3) is 11.1 Å². The van der Waals surface area contributed by atoms with Crippen LogP contribution in [0.1, 0.15) is 41.6 Å². The van der Waals surface area contributed by atoms with Crippen molar-refractivity contribution in [2.45, 2.75) is 32.6 Å². The maximum absolute atomic E-state index is 12.4. The van der Waals surface area contributed by atoms with Crippen molar-refractivity contribution in [3.63, 3.8) is 0 Å². The highest BCUT2D eigenvalue weighted by Crippen LogP contribution is 2.20. The summed E-state index contributed by atoms with van der Waals surface area (Å²) in [6.07, 6.45) is 3.10. The maximum Gasteiger partial charge on any atom is 0.319 e. The van der Waals surface area contributed by atoms with Gasteiger partial charge in [-0.15, -0.1) is 0 Å². The Labute approximate surface area is 178 Å². The number of hydrogen-bond donors (Lipinski definition) is 2. The average molecular weight is 401 g/mol. The minimum atomic E-state index is -0.195. The second-order valence-corrected chi connectivity index (χ2v) is 7.37. The number of carbonyl (C=O) groups is 2. The van der Waals surface area contributed by atoms with Crippen molar-refractivity contribution in [2.24, 2.45) is 0 Å². The fraction of sp³-hybridized carbons (Fsp3) is 0.231. The molecule has 0 saturated heterocycles. The SMILES string of the molecule is Cc1ccccc1NC(=O)NCCCCCC(=O)c1ccc(-c2ccccc2)cc1. The summed E-state index contributed by atoms with van der Waals surface area (Å²) in [7, 11) is 0. The highest BCUT2D eigenvalue weighted by atomic mass is 16.2. The topological polar surface area (TPSA) is 58.2 Å². The van der Waals surface area contributed by atoms with Crippen LogP contribution in [0.5, 0.6) is 0 Å². The van der Waals surface area contributed by atoms with Crippen LogP contribution < -0.4 is 10.6 Å². The minimum absolute atomic E-state index is 0.167. The summed E-state index contributed by atoms with van der Waals surface area (Å²) in [6, 6.07) is 25.4. The molecule has 3 aromatic rings. The molecule has 3 aromatic carbocycles. The molecular formula is C26H28N2O2. The third kappa shape index (κ3) is 6.31. The number of carbonyl (C=O) groups excluding carboxylic acids is 2. The molecule has 0 bridgehead atoms. The molecule has 0 radical (unpaired) electrons. The first-order valence-corrected chi connectivity index (χ1v) is 10.4. The van der Waals surface area contributed by atoms with Gasteiger partial charge in [0.2, 0.25) is 0 Å². The lowest BCUT2D eigenvalue weighted by Crippen LogP contribution is -2.29. The van der Waals surface area contributed by atoms with Gasteiger partial charge >= 0.3 is 6.03 Å². The molecule has 3 rings (SSSR count). The molecule has 0 aliphatic heterocycles. The monoisotopic (exact) mass is 400 g/mol. The maximum atomic E-state index is 12.4. The van der Waals surface area contributed by atoms with Gasteiger partial charge in [0.25, 0.3) is 0 Å². The van der Waals surface area contributed by atoms with Crippen molar-refractivity contribution >= 4 is 17.5 Å². The number of ketones is 1. The van der Waals surface area contributed by atoms with E-state index in [1.54, 1.807) is 0 Å². The summed E-state index contributed by atoms with van der Waals surface area (Å²) in [6.45, 7) is 2.56. The third-order valence-corrected chi connectivity index (χ3v) is 5.07. The zero-order chi connectivity index (χ0) is 21.2. The summed E-state index contributed by atoms with van der Waals surface area (Å²) in [5, 5.41) is 5.72. The van der Waals surface area contributed by atoms with Gasteiger partial charge in [0.1, 0.15) is 0 Å². The molecule has 0 saturated carbocycles. The molecule has 0 atom stereocenters. The number of urea groups is 1. The Morgan fingerprint density at radius 2 is 1.40 bits per heavy atom. The number of rotatable bonds is 9. The summed E-state index contributed by atoms with van der Waals surface area (Å²) in [4.78, 5) is 24.3. The van der Waals surface area contributed by atoms with Crippen LogP contribution in [0.2, 0.25) is 0 Å². The highest BCUT2D eigenvalue weighted by Gasteiger charge is 2.07. The Bertz CT molecular complexity index is 966. The molecule has 4 heteroatoms. The number of para-hydroxylation sites is 1. The number of Topliss-reactive ketones (excluding diaryl/α,β-unsaturated/α-hetero) is 1. The van der Waals surface area contributed by atoms with Crippen LogP contribution in [-0.2, 0) is 0 Å². The van der Waals surface area contributed by atoms with Crippen LogP contribution >= 0.6 is 0 Å². The first-order chi connectivity index (χ1) is 14.6. The Balaban J connectivity index is 1.33. The number of amides is 2. The second-order valence-electron chi connectivity index (χ2n) is 7.37. The summed E-state index contributed by atoms with van der Waals surface area (Å²) < 4.78 is 0. The fourth-order valence-corrected chi connectivity index (χ4v) is 3.29. The van der Waals surface area contributed by atoms with Crippen molar-refractivity contribution < 1.29 is 9.59 Å². The molecule has 0 heterocycles. The van der Waals surface area contributed by atoms with Gasteiger partial charge in [0.15, 0.2) is 5.78 Å². The van der Waals surface area contributed by atoms with E-state index in [4.69, 9.17) is 0 Å². The van der Waals surface area contributed by atoms with Crippen molar-refractivity contribution in [3.8, 4) is 11.1 Å². The van der Waals surface area contributed by atoms with Gasteiger partial charge in [-0.1, -0.05) is 79.2 Å². The van der Waals surface area contributed by atoms with Crippen LogP contribution in [-0.4, -0.2) is 18.4 Å². The molecule has 154 valence electrons. The van der Waals surface area contributed by atoms with E-state index in [2.05, 4.69) is 22.8 Å². The predicted octanol–water partition coefficient (Wildman–Crippen LogP) is 6.23. The number of aryl methyl sites for hydroxylation is 1. The number of benzene rings is 3. The molecular weight excluding hydrogens is 372 g/mol. The lowest BCUT2D eigenvalue weighted by Gasteiger charge is -2.09. The summed E-state index contributed by atoms with van der Waals surface area (Å²) >= 11 is 0. The quantitative estimate of drug-likeness (QED) is 0.330. The molecule has 0 aliphatic rings. The third-order valence-electron chi connectivity index (χ3n) is 5.07. The van der Waals surface area contributed by atoms with E-state index in [0.29, 0.717) is 13.0 Å². The molecule has 0 unspecified atom stereocenters. The van der Waals surface area contributed by atoms with Gasteiger partial charge in [-0.05, 0) is 42.5 Å². The molecule has 0 aliphatic carbocycles. The molecule has 2 amide bonds. The van der Waals surface area contributed by atoms with Crippen LogP contribution in [0, 0.1) is 6.92 Å². The first kappa shape index (κ1) is 21.3. The lowest BCUT2D eigenvalue weighted by molar-refractivity contribution is 0.0979. The summed E-state index contributed by atoms with van der Waals surface area (Å²) in [5.74, 6) is 0.167. The Hall–Kier alpha value is -3.40. The molecule has 0 aromatic heterocycles. The van der Waals surface area contributed by atoms with Gasteiger partial charge in [0, 0.05) is 24.2 Å². The number of unbranched alkanes of at least 4 members (excludes halogenated alkanes) is 2. The van der Waals surface area contributed by atoms with Gasteiger partial charge in [-0.2, -0.15) is 0 Å². The van der Waals surface area contributed by atoms with E-state index in [1.807, 2.05) is 73.7 Å². The zero-order valence-electron chi connectivity index (χ0n) is 17.4. The van der Waals surface area contributed by atoms with E-state index in [-0.39, 0.29) is 11.8 Å². The fourth-order valence-electron chi connectivity index (χ4n) is 3.29. The average Bonchev–Trinajstić information content (AvgIpc) is 2.78. The van der Waals surface area contributed by atoms with E-state index < -0.39 is 0 Å². The Morgan fingerprint density at radius 1 is 0.733 bits per heavy atom. The van der Waals surface area contributed by atoms with Crippen molar-refractivity contribution in [3.05, 3.63) is 90.0 Å². The van der Waals surface area contributed by atoms with E-state index in [0.717, 1.165) is 47.2 Å². The molecule has 2 N–H and O–H groups in total. The van der Waals surface area contributed by atoms with E-state index in [9.17, 15) is 9.59 Å².